The quantitative estimate of drug-likeness (QED) is 0.436. The molecule has 2 amide bonds. The van der Waals surface area contributed by atoms with Crippen molar-refractivity contribution in [1.29, 1.82) is 0 Å². The van der Waals surface area contributed by atoms with E-state index in [-0.39, 0.29) is 11.5 Å². The standard InChI is InChI=1S/C23H20N2O4S/c1-30-18-11-7-10-17(14-18)24-21(26)15-29-23(28)19-12-5-6-13-20(19)25-22(27)16-8-3-2-4-9-16/h2-14H,15H2,1H3,(H,24,26)(H,25,27). The van der Waals surface area contributed by atoms with Gasteiger partial charge in [0.2, 0.25) is 0 Å². The second kappa shape index (κ2) is 10.3. The molecule has 0 saturated heterocycles. The van der Waals surface area contributed by atoms with Crippen LogP contribution in [0, 0.1) is 0 Å². The van der Waals surface area contributed by atoms with Crippen LogP contribution in [0.15, 0.2) is 83.8 Å². The third kappa shape index (κ3) is 5.71. The van der Waals surface area contributed by atoms with Crippen molar-refractivity contribution in [3.63, 3.8) is 0 Å². The first-order chi connectivity index (χ1) is 14.6. The summed E-state index contributed by atoms with van der Waals surface area (Å²) in [4.78, 5) is 38.0. The summed E-state index contributed by atoms with van der Waals surface area (Å²) in [5.74, 6) is -1.50. The fourth-order valence-electron chi connectivity index (χ4n) is 2.66. The van der Waals surface area contributed by atoms with Gasteiger partial charge in [-0.3, -0.25) is 9.59 Å². The highest BCUT2D eigenvalue weighted by Crippen LogP contribution is 2.19. The Morgan fingerprint density at radius 3 is 2.37 bits per heavy atom. The van der Waals surface area contributed by atoms with E-state index in [1.165, 1.54) is 6.07 Å². The van der Waals surface area contributed by atoms with Crippen LogP contribution in [0.5, 0.6) is 0 Å². The molecule has 3 aromatic rings. The van der Waals surface area contributed by atoms with Crippen LogP contribution >= 0.6 is 11.8 Å². The van der Waals surface area contributed by atoms with E-state index in [1.54, 1.807) is 60.3 Å². The number of para-hydroxylation sites is 1. The van der Waals surface area contributed by atoms with Crippen LogP contribution in [0.25, 0.3) is 0 Å². The number of rotatable bonds is 7. The lowest BCUT2D eigenvalue weighted by atomic mass is 10.1. The van der Waals surface area contributed by atoms with Crippen LogP contribution in [0.2, 0.25) is 0 Å². The minimum absolute atomic E-state index is 0.166. The molecule has 0 saturated carbocycles. The summed E-state index contributed by atoms with van der Waals surface area (Å²) >= 11 is 1.56. The molecule has 0 aliphatic rings. The van der Waals surface area contributed by atoms with E-state index in [2.05, 4.69) is 10.6 Å². The van der Waals surface area contributed by atoms with Crippen molar-refractivity contribution in [2.24, 2.45) is 0 Å². The van der Waals surface area contributed by atoms with Crippen LogP contribution in [-0.2, 0) is 9.53 Å². The summed E-state index contributed by atoms with van der Waals surface area (Å²) in [6.45, 7) is -0.441. The zero-order chi connectivity index (χ0) is 21.3. The third-order valence-electron chi connectivity index (χ3n) is 4.12. The zero-order valence-corrected chi connectivity index (χ0v) is 17.1. The topological polar surface area (TPSA) is 84.5 Å². The Morgan fingerprint density at radius 2 is 1.60 bits per heavy atom. The maximum atomic E-state index is 12.5. The Bertz CT molecular complexity index is 1050. The summed E-state index contributed by atoms with van der Waals surface area (Å²) in [5, 5.41) is 5.40. The largest absolute Gasteiger partial charge is 0.452 e. The first-order valence-electron chi connectivity index (χ1n) is 9.13. The number of anilines is 2. The molecular weight excluding hydrogens is 400 g/mol. The van der Waals surface area contributed by atoms with Gasteiger partial charge in [0.25, 0.3) is 11.8 Å². The number of amides is 2. The predicted molar refractivity (Wildman–Crippen MR) is 118 cm³/mol. The van der Waals surface area contributed by atoms with E-state index in [1.807, 2.05) is 30.5 Å². The number of ether oxygens (including phenoxy) is 1. The SMILES string of the molecule is CSc1cccc(NC(=O)COC(=O)c2ccccc2NC(=O)c2ccccc2)c1. The van der Waals surface area contributed by atoms with E-state index in [9.17, 15) is 14.4 Å². The average Bonchev–Trinajstić information content (AvgIpc) is 2.78. The smallest absolute Gasteiger partial charge is 0.340 e. The van der Waals surface area contributed by atoms with Crippen molar-refractivity contribution in [3.8, 4) is 0 Å². The molecule has 0 aromatic heterocycles. The van der Waals surface area contributed by atoms with Gasteiger partial charge in [0, 0.05) is 16.1 Å². The normalized spacial score (nSPS) is 10.2. The monoisotopic (exact) mass is 420 g/mol. The molecule has 6 nitrogen and oxygen atoms in total. The van der Waals surface area contributed by atoms with Crippen LogP contribution in [0.3, 0.4) is 0 Å². The molecule has 0 aliphatic heterocycles. The second-order valence-electron chi connectivity index (χ2n) is 6.22. The molecule has 0 aliphatic carbocycles. The lowest BCUT2D eigenvalue weighted by Gasteiger charge is -2.11. The molecule has 152 valence electrons. The van der Waals surface area contributed by atoms with Gasteiger partial charge in [-0.1, -0.05) is 36.4 Å². The van der Waals surface area contributed by atoms with Crippen molar-refractivity contribution in [1.82, 2.24) is 0 Å². The molecule has 0 bridgehead atoms. The van der Waals surface area contributed by atoms with Crippen LogP contribution in [0.1, 0.15) is 20.7 Å². The lowest BCUT2D eigenvalue weighted by Crippen LogP contribution is -2.22. The summed E-state index contributed by atoms with van der Waals surface area (Å²) in [6.07, 6.45) is 1.94. The number of nitrogens with one attached hydrogen (secondary N) is 2. The Balaban J connectivity index is 1.61. The summed E-state index contributed by atoms with van der Waals surface area (Å²) in [6, 6.07) is 22.5. The van der Waals surface area contributed by atoms with Gasteiger partial charge in [0.15, 0.2) is 6.61 Å². The van der Waals surface area contributed by atoms with Crippen molar-refractivity contribution in [2.75, 3.05) is 23.5 Å². The number of carbonyl (C=O) groups excluding carboxylic acids is 3. The number of hydrogen-bond acceptors (Lipinski definition) is 5. The maximum Gasteiger partial charge on any atom is 0.340 e. The molecule has 0 heterocycles. The molecule has 0 fully saturated rings. The van der Waals surface area contributed by atoms with E-state index >= 15 is 0 Å². The van der Waals surface area contributed by atoms with Gasteiger partial charge in [-0.15, -0.1) is 11.8 Å². The molecule has 0 atom stereocenters. The van der Waals surface area contributed by atoms with E-state index in [0.29, 0.717) is 16.9 Å². The second-order valence-corrected chi connectivity index (χ2v) is 7.10. The van der Waals surface area contributed by atoms with Gasteiger partial charge in [-0.25, -0.2) is 4.79 Å². The maximum absolute atomic E-state index is 12.5. The Morgan fingerprint density at radius 1 is 0.867 bits per heavy atom. The van der Waals surface area contributed by atoms with Crippen LogP contribution < -0.4 is 10.6 Å². The van der Waals surface area contributed by atoms with Crippen molar-refractivity contribution >= 4 is 40.9 Å². The first-order valence-corrected chi connectivity index (χ1v) is 10.4. The van der Waals surface area contributed by atoms with Crippen molar-refractivity contribution in [3.05, 3.63) is 90.0 Å². The lowest BCUT2D eigenvalue weighted by molar-refractivity contribution is -0.119. The number of carbonyl (C=O) groups is 3. The van der Waals surface area contributed by atoms with Gasteiger partial charge in [0.05, 0.1) is 11.3 Å². The minimum atomic E-state index is -0.702. The molecule has 2 N–H and O–H groups in total. The van der Waals surface area contributed by atoms with Gasteiger partial charge in [-0.2, -0.15) is 0 Å². The highest BCUT2D eigenvalue weighted by molar-refractivity contribution is 7.98. The zero-order valence-electron chi connectivity index (χ0n) is 16.3. The average molecular weight is 420 g/mol. The van der Waals surface area contributed by atoms with Gasteiger partial charge in [0.1, 0.15) is 0 Å². The summed E-state index contributed by atoms with van der Waals surface area (Å²) in [7, 11) is 0. The van der Waals surface area contributed by atoms with Crippen molar-refractivity contribution < 1.29 is 19.1 Å². The highest BCUT2D eigenvalue weighted by Gasteiger charge is 2.16. The van der Waals surface area contributed by atoms with Gasteiger partial charge < -0.3 is 15.4 Å². The Hall–Kier alpha value is -3.58. The highest BCUT2D eigenvalue weighted by atomic mass is 32.2. The Labute approximate surface area is 178 Å². The van der Waals surface area contributed by atoms with E-state index in [0.717, 1.165) is 4.90 Å². The number of esters is 1. The molecule has 30 heavy (non-hydrogen) atoms. The van der Waals surface area contributed by atoms with Gasteiger partial charge >= 0.3 is 5.97 Å². The molecule has 0 unspecified atom stereocenters. The fraction of sp³-hybridized carbons (Fsp3) is 0.0870. The van der Waals surface area contributed by atoms with Crippen molar-refractivity contribution in [2.45, 2.75) is 4.90 Å². The van der Waals surface area contributed by atoms with Crippen LogP contribution in [-0.4, -0.2) is 30.6 Å². The fourth-order valence-corrected chi connectivity index (χ4v) is 3.12. The first kappa shape index (κ1) is 21.1. The molecule has 3 rings (SSSR count). The molecule has 7 heteroatoms. The summed E-state index contributed by atoms with van der Waals surface area (Å²) in [5.41, 5.74) is 1.56. The predicted octanol–water partition coefficient (Wildman–Crippen LogP) is 4.46. The molecule has 0 spiro atoms. The third-order valence-corrected chi connectivity index (χ3v) is 4.84. The van der Waals surface area contributed by atoms with Crippen LogP contribution in [0.4, 0.5) is 11.4 Å². The molecule has 3 aromatic carbocycles. The number of thioether (sulfide) groups is 1. The Kier molecular flexibility index (Phi) is 7.24. The number of hydrogen-bond donors (Lipinski definition) is 2. The van der Waals surface area contributed by atoms with E-state index < -0.39 is 18.5 Å². The molecule has 0 radical (unpaired) electrons. The molecular formula is C23H20N2O4S. The summed E-state index contributed by atoms with van der Waals surface area (Å²) < 4.78 is 5.14. The van der Waals surface area contributed by atoms with Gasteiger partial charge in [-0.05, 0) is 48.7 Å². The minimum Gasteiger partial charge on any atom is -0.452 e. The van der Waals surface area contributed by atoms with E-state index in [4.69, 9.17) is 4.74 Å². The number of benzene rings is 3.